The fraction of sp³-hybridized carbons (Fsp3) is 0.600. The van der Waals surface area contributed by atoms with Gasteiger partial charge in [-0.3, -0.25) is 9.78 Å². The first-order chi connectivity index (χ1) is 9.18. The van der Waals surface area contributed by atoms with Crippen molar-refractivity contribution in [2.24, 2.45) is 5.92 Å². The second-order valence-corrected chi connectivity index (χ2v) is 5.38. The van der Waals surface area contributed by atoms with Crippen molar-refractivity contribution in [3.8, 4) is 0 Å². The highest BCUT2D eigenvalue weighted by Crippen LogP contribution is 2.28. The largest absolute Gasteiger partial charge is 0.481 e. The third-order valence-electron chi connectivity index (χ3n) is 4.12. The molecule has 1 aromatic heterocycles. The Labute approximate surface area is 114 Å². The van der Waals surface area contributed by atoms with E-state index in [2.05, 4.69) is 9.88 Å². The van der Waals surface area contributed by atoms with Gasteiger partial charge in [0.1, 0.15) is 0 Å². The molecule has 2 rings (SSSR count). The summed E-state index contributed by atoms with van der Waals surface area (Å²) in [6.07, 6.45) is 8.57. The van der Waals surface area contributed by atoms with Crippen molar-refractivity contribution in [3.05, 3.63) is 30.1 Å². The molecular weight excluding hydrogens is 240 g/mol. The Morgan fingerprint density at radius 1 is 1.37 bits per heavy atom. The SMILES string of the molecule is CN(CCc1ccncc1)C1CCCCC1C(=O)O. The quantitative estimate of drug-likeness (QED) is 0.884. The molecule has 1 aromatic rings. The van der Waals surface area contributed by atoms with Crippen LogP contribution in [-0.2, 0) is 11.2 Å². The number of aliphatic carboxylic acids is 1. The highest BCUT2D eigenvalue weighted by Gasteiger charge is 2.33. The zero-order chi connectivity index (χ0) is 13.7. The number of aromatic nitrogens is 1. The summed E-state index contributed by atoms with van der Waals surface area (Å²) < 4.78 is 0. The molecule has 4 nitrogen and oxygen atoms in total. The summed E-state index contributed by atoms with van der Waals surface area (Å²) in [4.78, 5) is 17.5. The Bertz CT molecular complexity index is 408. The highest BCUT2D eigenvalue weighted by molar-refractivity contribution is 5.71. The molecule has 1 aliphatic carbocycles. The van der Waals surface area contributed by atoms with Gasteiger partial charge in [-0.25, -0.2) is 0 Å². The average Bonchev–Trinajstić information content (AvgIpc) is 2.46. The molecule has 0 saturated heterocycles. The third kappa shape index (κ3) is 3.77. The number of likely N-dealkylation sites (N-methyl/N-ethyl adjacent to an activating group) is 1. The van der Waals surface area contributed by atoms with Gasteiger partial charge < -0.3 is 10.0 Å². The van der Waals surface area contributed by atoms with Gasteiger partial charge in [-0.05, 0) is 44.0 Å². The molecule has 0 amide bonds. The van der Waals surface area contributed by atoms with Gasteiger partial charge in [-0.1, -0.05) is 12.8 Å². The van der Waals surface area contributed by atoms with Crippen LogP contribution in [0.4, 0.5) is 0 Å². The van der Waals surface area contributed by atoms with Gasteiger partial charge in [0, 0.05) is 25.0 Å². The number of hydrogen-bond acceptors (Lipinski definition) is 3. The minimum absolute atomic E-state index is 0.188. The molecule has 1 heterocycles. The first-order valence-corrected chi connectivity index (χ1v) is 7.00. The number of nitrogens with zero attached hydrogens (tertiary/aromatic N) is 2. The van der Waals surface area contributed by atoms with Crippen molar-refractivity contribution >= 4 is 5.97 Å². The van der Waals surface area contributed by atoms with E-state index in [1.54, 1.807) is 12.4 Å². The fourth-order valence-corrected chi connectivity index (χ4v) is 2.95. The van der Waals surface area contributed by atoms with Crippen molar-refractivity contribution in [2.45, 2.75) is 38.1 Å². The van der Waals surface area contributed by atoms with E-state index in [0.29, 0.717) is 0 Å². The van der Waals surface area contributed by atoms with E-state index in [0.717, 1.165) is 38.6 Å². The van der Waals surface area contributed by atoms with Crippen LogP contribution in [0.5, 0.6) is 0 Å². The average molecular weight is 262 g/mol. The topological polar surface area (TPSA) is 53.4 Å². The van der Waals surface area contributed by atoms with E-state index in [1.165, 1.54) is 5.56 Å². The van der Waals surface area contributed by atoms with Crippen molar-refractivity contribution < 1.29 is 9.90 Å². The zero-order valence-corrected chi connectivity index (χ0v) is 11.5. The molecule has 2 unspecified atom stereocenters. The lowest BCUT2D eigenvalue weighted by atomic mass is 9.83. The maximum Gasteiger partial charge on any atom is 0.308 e. The summed E-state index contributed by atoms with van der Waals surface area (Å²) >= 11 is 0. The summed E-state index contributed by atoms with van der Waals surface area (Å²) in [5.74, 6) is -0.836. The molecular formula is C15H22N2O2. The third-order valence-corrected chi connectivity index (χ3v) is 4.12. The summed E-state index contributed by atoms with van der Waals surface area (Å²) in [5.41, 5.74) is 1.25. The molecule has 0 bridgehead atoms. The minimum Gasteiger partial charge on any atom is -0.481 e. The Kier molecular flexibility index (Phi) is 4.91. The molecule has 4 heteroatoms. The zero-order valence-electron chi connectivity index (χ0n) is 11.5. The van der Waals surface area contributed by atoms with Crippen LogP contribution in [-0.4, -0.2) is 40.6 Å². The van der Waals surface area contributed by atoms with Crippen LogP contribution >= 0.6 is 0 Å². The van der Waals surface area contributed by atoms with Gasteiger partial charge in [-0.15, -0.1) is 0 Å². The molecule has 19 heavy (non-hydrogen) atoms. The smallest absolute Gasteiger partial charge is 0.308 e. The monoisotopic (exact) mass is 262 g/mol. The predicted octanol–water partition coefficient (Wildman–Crippen LogP) is 2.20. The lowest BCUT2D eigenvalue weighted by molar-refractivity contribution is -0.145. The van der Waals surface area contributed by atoms with E-state index >= 15 is 0 Å². The summed E-state index contributed by atoms with van der Waals surface area (Å²) in [5, 5.41) is 9.31. The van der Waals surface area contributed by atoms with Gasteiger partial charge >= 0.3 is 5.97 Å². The van der Waals surface area contributed by atoms with Crippen molar-refractivity contribution in [1.29, 1.82) is 0 Å². The number of carbonyl (C=O) groups is 1. The number of pyridine rings is 1. The summed E-state index contributed by atoms with van der Waals surface area (Å²) in [7, 11) is 2.05. The Morgan fingerprint density at radius 2 is 2.05 bits per heavy atom. The Hall–Kier alpha value is -1.42. The molecule has 104 valence electrons. The Morgan fingerprint density at radius 3 is 2.74 bits per heavy atom. The van der Waals surface area contributed by atoms with Crippen LogP contribution < -0.4 is 0 Å². The van der Waals surface area contributed by atoms with E-state index in [1.807, 2.05) is 19.2 Å². The standard InChI is InChI=1S/C15H22N2O2/c1-17(11-8-12-6-9-16-10-7-12)14-5-3-2-4-13(14)15(18)19/h6-7,9-10,13-14H,2-5,8,11H2,1H3,(H,18,19). The van der Waals surface area contributed by atoms with E-state index < -0.39 is 5.97 Å². The Balaban J connectivity index is 1.90. The first-order valence-electron chi connectivity index (χ1n) is 7.00. The molecule has 0 aliphatic heterocycles. The van der Waals surface area contributed by atoms with Crippen LogP contribution in [0.2, 0.25) is 0 Å². The summed E-state index contributed by atoms with van der Waals surface area (Å²) in [6.45, 7) is 0.901. The maximum atomic E-state index is 11.3. The fourth-order valence-electron chi connectivity index (χ4n) is 2.95. The van der Waals surface area contributed by atoms with E-state index in [-0.39, 0.29) is 12.0 Å². The molecule has 0 spiro atoms. The van der Waals surface area contributed by atoms with Crippen molar-refractivity contribution in [3.63, 3.8) is 0 Å². The number of carboxylic acid groups (broad SMARTS) is 1. The van der Waals surface area contributed by atoms with Crippen LogP contribution in [0, 0.1) is 5.92 Å². The molecule has 0 radical (unpaired) electrons. The maximum absolute atomic E-state index is 11.3. The van der Waals surface area contributed by atoms with Crippen LogP contribution in [0.15, 0.2) is 24.5 Å². The van der Waals surface area contributed by atoms with Gasteiger partial charge in [0.05, 0.1) is 5.92 Å². The van der Waals surface area contributed by atoms with Crippen molar-refractivity contribution in [2.75, 3.05) is 13.6 Å². The minimum atomic E-state index is -0.638. The van der Waals surface area contributed by atoms with Gasteiger partial charge in [0.2, 0.25) is 0 Å². The molecule has 1 fully saturated rings. The number of carboxylic acids is 1. The predicted molar refractivity (Wildman–Crippen MR) is 74.0 cm³/mol. The molecule has 1 N–H and O–H groups in total. The second kappa shape index (κ2) is 6.66. The van der Waals surface area contributed by atoms with Crippen LogP contribution in [0.3, 0.4) is 0 Å². The van der Waals surface area contributed by atoms with Crippen molar-refractivity contribution in [1.82, 2.24) is 9.88 Å². The molecule has 0 aromatic carbocycles. The van der Waals surface area contributed by atoms with Gasteiger partial charge in [0.15, 0.2) is 0 Å². The highest BCUT2D eigenvalue weighted by atomic mass is 16.4. The number of hydrogen-bond donors (Lipinski definition) is 1. The first kappa shape index (κ1) is 14.0. The molecule has 2 atom stereocenters. The lowest BCUT2D eigenvalue weighted by Gasteiger charge is -2.35. The van der Waals surface area contributed by atoms with Crippen LogP contribution in [0.1, 0.15) is 31.2 Å². The molecule has 1 aliphatic rings. The van der Waals surface area contributed by atoms with Crippen LogP contribution in [0.25, 0.3) is 0 Å². The normalized spacial score (nSPS) is 23.5. The van der Waals surface area contributed by atoms with E-state index in [9.17, 15) is 9.90 Å². The van der Waals surface area contributed by atoms with Gasteiger partial charge in [-0.2, -0.15) is 0 Å². The van der Waals surface area contributed by atoms with E-state index in [4.69, 9.17) is 0 Å². The molecule has 1 saturated carbocycles. The summed E-state index contributed by atoms with van der Waals surface area (Å²) in [6, 6.07) is 4.22. The van der Waals surface area contributed by atoms with Gasteiger partial charge in [0.25, 0.3) is 0 Å². The number of rotatable bonds is 5. The second-order valence-electron chi connectivity index (χ2n) is 5.38. The lowest BCUT2D eigenvalue weighted by Crippen LogP contribution is -2.44.